The minimum Gasteiger partial charge on any atom is -0.480 e. The molecule has 0 aromatic heterocycles. The summed E-state index contributed by atoms with van der Waals surface area (Å²) >= 11 is 0. The Labute approximate surface area is 400 Å². The predicted molar refractivity (Wildman–Crippen MR) is 230 cm³/mol. The van der Waals surface area contributed by atoms with Gasteiger partial charge in [0, 0.05) is 60.8 Å². The molecule has 24 heteroatoms. The van der Waals surface area contributed by atoms with Crippen molar-refractivity contribution in [2.75, 3.05) is 19.8 Å². The molecule has 11 atom stereocenters. The van der Waals surface area contributed by atoms with Gasteiger partial charge in [-0.15, -0.1) is 0 Å². The topological polar surface area (TPSA) is 317 Å². The molecule has 0 spiro atoms. The van der Waals surface area contributed by atoms with Gasteiger partial charge in [-0.25, -0.2) is 9.59 Å². The summed E-state index contributed by atoms with van der Waals surface area (Å²) in [5.74, 6) is -9.34. The Balaban J connectivity index is 1.38. The number of carboxylic acids is 1. The molecule has 5 rings (SSSR count). The Bertz CT molecular complexity index is 2260. The number of amides is 2. The van der Waals surface area contributed by atoms with Crippen LogP contribution in [0.1, 0.15) is 78.4 Å². The minimum atomic E-state index is -1.94. The average molecular weight is 987 g/mol. The predicted octanol–water partition coefficient (Wildman–Crippen LogP) is 1.49. The van der Waals surface area contributed by atoms with E-state index in [1.54, 1.807) is 0 Å². The van der Waals surface area contributed by atoms with E-state index in [1.807, 2.05) is 48.5 Å². The molecule has 0 unspecified atom stereocenters. The fourth-order valence-corrected chi connectivity index (χ4v) is 8.17. The van der Waals surface area contributed by atoms with Crippen molar-refractivity contribution < 1.29 is 105 Å². The van der Waals surface area contributed by atoms with E-state index in [-0.39, 0.29) is 12.5 Å². The third-order valence-corrected chi connectivity index (χ3v) is 10.8. The Hall–Kier alpha value is -7.18. The number of hydrogen-bond acceptors (Lipinski definition) is 21. The van der Waals surface area contributed by atoms with E-state index in [0.717, 1.165) is 70.7 Å². The van der Waals surface area contributed by atoms with E-state index >= 15 is 0 Å². The molecule has 1 aliphatic carbocycles. The van der Waals surface area contributed by atoms with Crippen LogP contribution in [0.25, 0.3) is 11.1 Å². The van der Waals surface area contributed by atoms with E-state index in [1.165, 1.54) is 0 Å². The molecule has 2 aliphatic heterocycles. The maximum atomic E-state index is 13.6. The van der Waals surface area contributed by atoms with Crippen LogP contribution in [-0.2, 0) is 95.3 Å². The highest BCUT2D eigenvalue weighted by molar-refractivity contribution is 5.83. The SMILES string of the molecule is CC(=O)OC[C@H]1O[C@@H](O[C@H]2[C@H](OC(C)=O)[C@@H](OC(C)=O)[C@H](NC(=O)CC[C@H](NC(=O)OCC3c4ccccc4-c4ccccc43)C(=O)O)O[C@@H]2COC(C)=O)[C@H](OC(C)=O)[C@@H](OC(C)=O)[C@H]1OC(C)=O. The highest BCUT2D eigenvalue weighted by atomic mass is 16.8. The molecule has 2 fully saturated rings. The zero-order valence-electron chi connectivity index (χ0n) is 39.1. The van der Waals surface area contributed by atoms with Crippen molar-refractivity contribution in [3.05, 3.63) is 59.7 Å². The van der Waals surface area contributed by atoms with Gasteiger partial charge in [-0.05, 0) is 28.7 Å². The van der Waals surface area contributed by atoms with Crippen LogP contribution >= 0.6 is 0 Å². The molecule has 2 heterocycles. The average Bonchev–Trinajstić information content (AvgIpc) is 3.59. The fourth-order valence-electron chi connectivity index (χ4n) is 8.17. The van der Waals surface area contributed by atoms with E-state index in [0.29, 0.717) is 0 Å². The Morgan fingerprint density at radius 2 is 1.00 bits per heavy atom. The molecule has 2 aromatic carbocycles. The maximum absolute atomic E-state index is 13.6. The maximum Gasteiger partial charge on any atom is 0.407 e. The van der Waals surface area contributed by atoms with E-state index in [2.05, 4.69) is 10.6 Å². The van der Waals surface area contributed by atoms with Crippen LogP contribution in [0, 0.1) is 0 Å². The first-order valence-corrected chi connectivity index (χ1v) is 21.9. The van der Waals surface area contributed by atoms with E-state index < -0.39 is 153 Å². The lowest BCUT2D eigenvalue weighted by atomic mass is 9.95. The van der Waals surface area contributed by atoms with Gasteiger partial charge in [-0.3, -0.25) is 38.4 Å². The first-order chi connectivity index (χ1) is 33.1. The lowest BCUT2D eigenvalue weighted by Crippen LogP contribution is -2.68. The van der Waals surface area contributed by atoms with Gasteiger partial charge in [-0.2, -0.15) is 0 Å². The van der Waals surface area contributed by atoms with Crippen LogP contribution in [0.15, 0.2) is 48.5 Å². The third-order valence-electron chi connectivity index (χ3n) is 10.8. The van der Waals surface area contributed by atoms with Gasteiger partial charge in [0.15, 0.2) is 43.0 Å². The number of esters is 7. The summed E-state index contributed by atoms with van der Waals surface area (Å²) in [6.07, 6.45) is -19.6. The number of nitrogens with one attached hydrogen (secondary N) is 2. The zero-order valence-corrected chi connectivity index (χ0v) is 39.1. The van der Waals surface area contributed by atoms with Crippen molar-refractivity contribution in [1.29, 1.82) is 0 Å². The quantitative estimate of drug-likeness (QED) is 0.133. The number of aliphatic carboxylic acids is 1. The van der Waals surface area contributed by atoms with Gasteiger partial charge in [0.2, 0.25) is 5.91 Å². The van der Waals surface area contributed by atoms with Crippen LogP contribution in [0.2, 0.25) is 0 Å². The van der Waals surface area contributed by atoms with E-state index in [4.69, 9.17) is 52.1 Å². The first kappa shape index (κ1) is 53.8. The molecule has 0 radical (unpaired) electrons. The van der Waals surface area contributed by atoms with Crippen molar-refractivity contribution in [3.8, 4) is 11.1 Å². The van der Waals surface area contributed by atoms with Crippen molar-refractivity contribution in [1.82, 2.24) is 10.6 Å². The van der Waals surface area contributed by atoms with Gasteiger partial charge in [0.05, 0.1) is 0 Å². The van der Waals surface area contributed by atoms with Gasteiger partial charge >= 0.3 is 53.8 Å². The summed E-state index contributed by atoms with van der Waals surface area (Å²) in [5, 5.41) is 14.7. The second-order valence-electron chi connectivity index (χ2n) is 16.2. The highest BCUT2D eigenvalue weighted by Gasteiger charge is 2.57. The Morgan fingerprint density at radius 1 is 0.543 bits per heavy atom. The van der Waals surface area contributed by atoms with Crippen molar-refractivity contribution >= 4 is 59.8 Å². The number of carbonyl (C=O) groups is 10. The number of carboxylic acid groups (broad SMARTS) is 1. The molecule has 380 valence electrons. The summed E-state index contributed by atoms with van der Waals surface area (Å²) in [6.45, 7) is 5.50. The highest BCUT2D eigenvalue weighted by Crippen LogP contribution is 2.44. The largest absolute Gasteiger partial charge is 0.480 e. The number of carbonyl (C=O) groups excluding carboxylic acids is 9. The Kier molecular flexibility index (Phi) is 18.7. The van der Waals surface area contributed by atoms with Crippen LogP contribution < -0.4 is 10.6 Å². The molecule has 0 bridgehead atoms. The molecule has 70 heavy (non-hydrogen) atoms. The van der Waals surface area contributed by atoms with Crippen LogP contribution in [-0.4, -0.2) is 152 Å². The lowest BCUT2D eigenvalue weighted by Gasteiger charge is -2.48. The summed E-state index contributed by atoms with van der Waals surface area (Å²) in [6, 6.07) is 13.5. The van der Waals surface area contributed by atoms with Crippen molar-refractivity contribution in [2.24, 2.45) is 0 Å². The smallest absolute Gasteiger partial charge is 0.407 e. The van der Waals surface area contributed by atoms with E-state index in [9.17, 15) is 53.1 Å². The number of benzene rings is 2. The molecule has 2 amide bonds. The number of ether oxygens (including phenoxy) is 11. The molecule has 0 saturated carbocycles. The molecule has 3 N–H and O–H groups in total. The zero-order chi connectivity index (χ0) is 51.4. The molecular formula is C46H54N2O22. The third kappa shape index (κ3) is 14.4. The summed E-state index contributed by atoms with van der Waals surface area (Å²) in [5.41, 5.74) is 3.79. The fraction of sp³-hybridized carbons (Fsp3) is 0.522. The normalized spacial score (nSPS) is 25.0. The van der Waals surface area contributed by atoms with Crippen molar-refractivity contribution in [3.63, 3.8) is 0 Å². The summed E-state index contributed by atoms with van der Waals surface area (Å²) in [4.78, 5) is 126. The van der Waals surface area contributed by atoms with Gasteiger partial charge in [-0.1, -0.05) is 48.5 Å². The summed E-state index contributed by atoms with van der Waals surface area (Å²) in [7, 11) is 0. The number of hydrogen-bond donors (Lipinski definition) is 3. The second-order valence-corrected chi connectivity index (χ2v) is 16.2. The Morgan fingerprint density at radius 3 is 1.50 bits per heavy atom. The van der Waals surface area contributed by atoms with Crippen LogP contribution in [0.5, 0.6) is 0 Å². The number of alkyl carbamates (subject to hydrolysis) is 1. The molecule has 2 saturated heterocycles. The summed E-state index contributed by atoms with van der Waals surface area (Å²) < 4.78 is 61.9. The molecule has 3 aliphatic rings. The van der Waals surface area contributed by atoms with Gasteiger partial charge < -0.3 is 67.8 Å². The minimum absolute atomic E-state index is 0.125. The number of rotatable bonds is 19. The first-order valence-electron chi connectivity index (χ1n) is 21.9. The molecule has 2 aromatic rings. The molecule has 24 nitrogen and oxygen atoms in total. The lowest BCUT2D eigenvalue weighted by molar-refractivity contribution is -0.345. The van der Waals surface area contributed by atoms with Gasteiger partial charge in [0.25, 0.3) is 0 Å². The van der Waals surface area contributed by atoms with Gasteiger partial charge in [0.1, 0.15) is 44.2 Å². The second kappa shape index (κ2) is 24.4. The van der Waals surface area contributed by atoms with Crippen LogP contribution in [0.4, 0.5) is 4.79 Å². The molecular weight excluding hydrogens is 932 g/mol. The standard InChI is InChI=1S/C46H54N2O22/c1-21(49)60-19-34-38(70-45-42(67-27(7)55)40(65-25(5)53)37(63-23(3)51)35(69-45)20-61-22(2)50)39(64-24(4)52)41(66-26(6)54)43(68-34)48-36(56)17-16-33(44(57)58)47-46(59)62-18-32-30-14-10-8-12-28(30)29-13-9-11-15-31(29)32/h8-15,32-35,37-43,45H,16-20H2,1-7H3,(H,47,59)(H,48,56)(H,57,58)/t33-,34+,35+,37-,38+,39-,40-,41+,42+,43+,45-/m0/s1. The van der Waals surface area contributed by atoms with Crippen molar-refractivity contribution in [2.45, 2.75) is 135 Å². The number of fused-ring (bicyclic) bond motifs is 3. The van der Waals surface area contributed by atoms with Crippen LogP contribution in [0.3, 0.4) is 0 Å². The monoisotopic (exact) mass is 986 g/mol.